The van der Waals surface area contributed by atoms with Gasteiger partial charge in [0.1, 0.15) is 29.7 Å². The first-order chi connectivity index (χ1) is 17.4. The Morgan fingerprint density at radius 2 is 1.75 bits per heavy atom. The molecule has 5 heteroatoms. The van der Waals surface area contributed by atoms with Gasteiger partial charge in [-0.3, -0.25) is 4.79 Å². The highest BCUT2D eigenvalue weighted by atomic mass is 16.5. The number of aryl methyl sites for hydroxylation is 3. The number of methoxy groups -OCH3 is 1. The van der Waals surface area contributed by atoms with Crippen molar-refractivity contribution in [3.05, 3.63) is 106 Å². The molecule has 0 heterocycles. The van der Waals surface area contributed by atoms with Gasteiger partial charge in [0.2, 0.25) is 0 Å². The lowest BCUT2D eigenvalue weighted by atomic mass is 10.0. The van der Waals surface area contributed by atoms with Crippen molar-refractivity contribution in [1.82, 2.24) is 0 Å². The number of nitrogens with zero attached hydrogens (tertiary/aromatic N) is 1. The largest absolute Gasteiger partial charge is 0.497 e. The van der Waals surface area contributed by atoms with Gasteiger partial charge < -0.3 is 14.8 Å². The summed E-state index contributed by atoms with van der Waals surface area (Å²) in [5, 5.41) is 14.9. The Kier molecular flexibility index (Phi) is 7.36. The summed E-state index contributed by atoms with van der Waals surface area (Å²) in [7, 11) is 1.59. The van der Waals surface area contributed by atoms with Gasteiger partial charge in [0.05, 0.1) is 7.11 Å². The third kappa shape index (κ3) is 5.39. The van der Waals surface area contributed by atoms with Gasteiger partial charge in [-0.05, 0) is 72.5 Å². The Morgan fingerprint density at radius 3 is 2.53 bits per heavy atom. The van der Waals surface area contributed by atoms with Gasteiger partial charge in [-0.15, -0.1) is 0 Å². The molecule has 0 fully saturated rings. The lowest BCUT2D eigenvalue weighted by Crippen LogP contribution is -2.14. The zero-order valence-corrected chi connectivity index (χ0v) is 20.9. The molecule has 0 saturated carbocycles. The Bertz CT molecular complexity index is 1510. The number of fused-ring (bicyclic) bond motifs is 1. The molecule has 4 aromatic carbocycles. The number of benzene rings is 4. The fourth-order valence-electron chi connectivity index (χ4n) is 4.04. The van der Waals surface area contributed by atoms with Crippen LogP contribution < -0.4 is 14.8 Å². The molecule has 0 aliphatic carbocycles. The normalized spacial score (nSPS) is 11.1. The lowest BCUT2D eigenvalue weighted by Gasteiger charge is -2.15. The first kappa shape index (κ1) is 24.6. The number of nitriles is 1. The summed E-state index contributed by atoms with van der Waals surface area (Å²) in [5.41, 5.74) is 5.42. The van der Waals surface area contributed by atoms with Crippen LogP contribution in [-0.2, 0) is 11.4 Å². The second-order valence-corrected chi connectivity index (χ2v) is 8.72. The zero-order chi connectivity index (χ0) is 25.7. The van der Waals surface area contributed by atoms with Crippen LogP contribution in [0.15, 0.2) is 78.4 Å². The predicted octanol–water partition coefficient (Wildman–Crippen LogP) is 6.90. The summed E-state index contributed by atoms with van der Waals surface area (Å²) in [6, 6.07) is 25.5. The minimum Gasteiger partial charge on any atom is -0.497 e. The molecule has 0 aliphatic rings. The number of rotatable bonds is 7. The minimum absolute atomic E-state index is 0.0211. The second kappa shape index (κ2) is 10.8. The van der Waals surface area contributed by atoms with Gasteiger partial charge in [-0.1, -0.05) is 48.5 Å². The van der Waals surface area contributed by atoms with Crippen LogP contribution in [0.1, 0.15) is 27.8 Å². The molecule has 0 aromatic heterocycles. The maximum atomic E-state index is 12.9. The highest BCUT2D eigenvalue weighted by molar-refractivity contribution is 6.10. The maximum Gasteiger partial charge on any atom is 0.266 e. The predicted molar refractivity (Wildman–Crippen MR) is 144 cm³/mol. The van der Waals surface area contributed by atoms with E-state index in [1.165, 1.54) is 0 Å². The summed E-state index contributed by atoms with van der Waals surface area (Å²) >= 11 is 0. The molecule has 0 spiro atoms. The molecule has 0 unspecified atom stereocenters. The van der Waals surface area contributed by atoms with E-state index in [9.17, 15) is 10.1 Å². The Morgan fingerprint density at radius 1 is 0.972 bits per heavy atom. The Balaban J connectivity index is 1.65. The van der Waals surface area contributed by atoms with E-state index in [4.69, 9.17) is 9.47 Å². The molecule has 0 saturated heterocycles. The smallest absolute Gasteiger partial charge is 0.266 e. The van der Waals surface area contributed by atoms with E-state index in [1.54, 1.807) is 31.4 Å². The molecule has 1 amide bonds. The van der Waals surface area contributed by atoms with Crippen LogP contribution in [0.3, 0.4) is 0 Å². The van der Waals surface area contributed by atoms with Crippen molar-refractivity contribution in [2.45, 2.75) is 27.4 Å². The van der Waals surface area contributed by atoms with E-state index < -0.39 is 5.91 Å². The molecule has 180 valence electrons. The summed E-state index contributed by atoms with van der Waals surface area (Å²) < 4.78 is 11.7. The standard InChI is InChI=1S/C31H28N2O3/c1-20-9-10-22(3)29(15-20)33-31(34)25(18-32)16-24-13-14-26(35-4)17-30(24)36-19-28-21(2)11-12-23-7-5-6-8-27(23)28/h5-17H,19H2,1-4H3,(H,33,34)/b25-16+. The average Bonchev–Trinajstić information content (AvgIpc) is 2.89. The number of carbonyl (C=O) groups is 1. The van der Waals surface area contributed by atoms with Gasteiger partial charge in [0.25, 0.3) is 5.91 Å². The molecule has 1 N–H and O–H groups in total. The summed E-state index contributed by atoms with van der Waals surface area (Å²) in [6.45, 7) is 6.25. The molecule has 0 aliphatic heterocycles. The van der Waals surface area contributed by atoms with Crippen molar-refractivity contribution in [1.29, 1.82) is 5.26 Å². The third-order valence-electron chi connectivity index (χ3n) is 6.17. The molecular weight excluding hydrogens is 448 g/mol. The van der Waals surface area contributed by atoms with Crippen LogP contribution in [0, 0.1) is 32.1 Å². The fourth-order valence-corrected chi connectivity index (χ4v) is 4.04. The summed E-state index contributed by atoms with van der Waals surface area (Å²) in [5.74, 6) is 0.668. The number of hydrogen-bond donors (Lipinski definition) is 1. The zero-order valence-electron chi connectivity index (χ0n) is 20.9. The van der Waals surface area contributed by atoms with Crippen molar-refractivity contribution in [2.75, 3.05) is 12.4 Å². The Hall–Kier alpha value is -4.56. The first-order valence-electron chi connectivity index (χ1n) is 11.7. The van der Waals surface area contributed by atoms with Crippen LogP contribution in [0.25, 0.3) is 16.8 Å². The van der Waals surface area contributed by atoms with E-state index in [2.05, 4.69) is 36.5 Å². The van der Waals surface area contributed by atoms with Gasteiger partial charge in [0.15, 0.2) is 0 Å². The molecule has 5 nitrogen and oxygen atoms in total. The number of ether oxygens (including phenoxy) is 2. The number of hydrogen-bond acceptors (Lipinski definition) is 4. The van der Waals surface area contributed by atoms with Crippen LogP contribution in [0.2, 0.25) is 0 Å². The Labute approximate surface area is 211 Å². The topological polar surface area (TPSA) is 71.3 Å². The lowest BCUT2D eigenvalue weighted by molar-refractivity contribution is -0.112. The number of carbonyl (C=O) groups excluding carboxylic acids is 1. The maximum absolute atomic E-state index is 12.9. The van der Waals surface area contributed by atoms with Crippen molar-refractivity contribution in [3.8, 4) is 17.6 Å². The minimum atomic E-state index is -0.474. The average molecular weight is 477 g/mol. The van der Waals surface area contributed by atoms with Crippen molar-refractivity contribution < 1.29 is 14.3 Å². The van der Waals surface area contributed by atoms with E-state index in [1.807, 2.05) is 50.2 Å². The quantitative estimate of drug-likeness (QED) is 0.233. The highest BCUT2D eigenvalue weighted by Gasteiger charge is 2.14. The van der Waals surface area contributed by atoms with E-state index in [0.717, 1.165) is 33.0 Å². The SMILES string of the molecule is COc1ccc(/C=C(\C#N)C(=O)Nc2cc(C)ccc2C)c(OCc2c(C)ccc3ccccc23)c1. The fraction of sp³-hybridized carbons (Fsp3) is 0.161. The van der Waals surface area contributed by atoms with E-state index in [-0.39, 0.29) is 5.57 Å². The van der Waals surface area contributed by atoms with Crippen LogP contribution in [0.4, 0.5) is 5.69 Å². The van der Waals surface area contributed by atoms with E-state index in [0.29, 0.717) is 29.4 Å². The van der Waals surface area contributed by atoms with Gasteiger partial charge >= 0.3 is 0 Å². The molecule has 4 rings (SSSR count). The summed E-state index contributed by atoms with van der Waals surface area (Å²) in [4.78, 5) is 12.9. The van der Waals surface area contributed by atoms with Gasteiger partial charge in [0, 0.05) is 22.9 Å². The number of amides is 1. The summed E-state index contributed by atoms with van der Waals surface area (Å²) in [6.07, 6.45) is 1.55. The molecule has 0 bridgehead atoms. The van der Waals surface area contributed by atoms with E-state index >= 15 is 0 Å². The van der Waals surface area contributed by atoms with Crippen LogP contribution in [0.5, 0.6) is 11.5 Å². The molecule has 0 atom stereocenters. The number of nitrogens with one attached hydrogen (secondary N) is 1. The second-order valence-electron chi connectivity index (χ2n) is 8.72. The molecule has 0 radical (unpaired) electrons. The first-order valence-corrected chi connectivity index (χ1v) is 11.7. The van der Waals surface area contributed by atoms with Crippen LogP contribution >= 0.6 is 0 Å². The van der Waals surface area contributed by atoms with Gasteiger partial charge in [-0.25, -0.2) is 0 Å². The monoisotopic (exact) mass is 476 g/mol. The van der Waals surface area contributed by atoms with Crippen molar-refractivity contribution in [3.63, 3.8) is 0 Å². The van der Waals surface area contributed by atoms with Crippen molar-refractivity contribution in [2.24, 2.45) is 0 Å². The van der Waals surface area contributed by atoms with Gasteiger partial charge in [-0.2, -0.15) is 5.26 Å². The highest BCUT2D eigenvalue weighted by Crippen LogP contribution is 2.30. The molecule has 36 heavy (non-hydrogen) atoms. The number of anilines is 1. The van der Waals surface area contributed by atoms with Crippen molar-refractivity contribution >= 4 is 28.4 Å². The molecular formula is C31H28N2O3. The molecule has 4 aromatic rings. The third-order valence-corrected chi connectivity index (χ3v) is 6.17. The van der Waals surface area contributed by atoms with Crippen LogP contribution in [-0.4, -0.2) is 13.0 Å².